The van der Waals surface area contributed by atoms with E-state index in [0.29, 0.717) is 6.04 Å². The van der Waals surface area contributed by atoms with Crippen LogP contribution in [-0.2, 0) is 13.0 Å². The van der Waals surface area contributed by atoms with Crippen molar-refractivity contribution >= 4 is 22.4 Å². The molecule has 4 rings (SSSR count). The summed E-state index contributed by atoms with van der Waals surface area (Å²) in [5.74, 6) is 0. The largest absolute Gasteiger partial charge is 0.312 e. The van der Waals surface area contributed by atoms with Crippen LogP contribution >= 0.6 is 11.6 Å². The average Bonchev–Trinajstić information content (AvgIpc) is 3.11. The van der Waals surface area contributed by atoms with Gasteiger partial charge in [-0.1, -0.05) is 66.2 Å². The Labute approximate surface area is 160 Å². The van der Waals surface area contributed by atoms with Crippen molar-refractivity contribution in [2.24, 2.45) is 0 Å². The van der Waals surface area contributed by atoms with Gasteiger partial charge in [0.25, 0.3) is 0 Å². The van der Waals surface area contributed by atoms with E-state index in [0.717, 1.165) is 37.6 Å². The molecule has 1 N–H and O–H groups in total. The molecule has 1 aliphatic heterocycles. The van der Waals surface area contributed by atoms with Crippen LogP contribution in [0.4, 0.5) is 0 Å². The summed E-state index contributed by atoms with van der Waals surface area (Å²) >= 11 is 5.97. The first kappa shape index (κ1) is 17.5. The van der Waals surface area contributed by atoms with Gasteiger partial charge in [0.15, 0.2) is 0 Å². The highest BCUT2D eigenvalue weighted by Crippen LogP contribution is 2.19. The molecule has 1 unspecified atom stereocenters. The number of halogens is 1. The normalized spacial score (nSPS) is 17.8. The van der Waals surface area contributed by atoms with Gasteiger partial charge in [0.2, 0.25) is 0 Å². The molecule has 26 heavy (non-hydrogen) atoms. The summed E-state index contributed by atoms with van der Waals surface area (Å²) in [5, 5.41) is 7.28. The van der Waals surface area contributed by atoms with Crippen molar-refractivity contribution in [2.75, 3.05) is 19.6 Å². The standard InChI is InChI=1S/C23H25ClN2/c24-21-10-8-18(9-11-21)16-26-15-13-22(17-26)25-14-12-20-6-3-5-19-4-1-2-7-23(19)20/h1-11,22,25H,12-17H2. The van der Waals surface area contributed by atoms with Crippen molar-refractivity contribution in [2.45, 2.75) is 25.4 Å². The molecule has 3 heteroatoms. The lowest BCUT2D eigenvalue weighted by atomic mass is 10.0. The molecule has 0 amide bonds. The molecule has 134 valence electrons. The third-order valence-electron chi connectivity index (χ3n) is 5.30. The first-order valence-electron chi connectivity index (χ1n) is 9.45. The molecule has 3 aromatic rings. The second-order valence-corrected chi connectivity index (χ2v) is 7.63. The average molecular weight is 365 g/mol. The van der Waals surface area contributed by atoms with E-state index in [2.05, 4.69) is 64.8 Å². The van der Waals surface area contributed by atoms with Crippen LogP contribution in [-0.4, -0.2) is 30.6 Å². The number of fused-ring (bicyclic) bond motifs is 1. The summed E-state index contributed by atoms with van der Waals surface area (Å²) in [6, 6.07) is 24.1. The topological polar surface area (TPSA) is 15.3 Å². The minimum Gasteiger partial charge on any atom is -0.312 e. The fourth-order valence-corrected chi connectivity index (χ4v) is 4.04. The lowest BCUT2D eigenvalue weighted by Crippen LogP contribution is -2.33. The molecular weight excluding hydrogens is 340 g/mol. The van der Waals surface area contributed by atoms with E-state index in [-0.39, 0.29) is 0 Å². The van der Waals surface area contributed by atoms with Crippen molar-refractivity contribution in [1.29, 1.82) is 0 Å². The van der Waals surface area contributed by atoms with Gasteiger partial charge in [-0.3, -0.25) is 4.90 Å². The van der Waals surface area contributed by atoms with Crippen molar-refractivity contribution in [1.82, 2.24) is 10.2 Å². The number of hydrogen-bond acceptors (Lipinski definition) is 2. The smallest absolute Gasteiger partial charge is 0.0406 e. The van der Waals surface area contributed by atoms with E-state index in [1.807, 2.05) is 12.1 Å². The van der Waals surface area contributed by atoms with Gasteiger partial charge in [-0.2, -0.15) is 0 Å². The van der Waals surface area contributed by atoms with E-state index in [1.54, 1.807) is 0 Å². The number of nitrogens with zero attached hydrogens (tertiary/aromatic N) is 1. The number of nitrogens with one attached hydrogen (secondary N) is 1. The van der Waals surface area contributed by atoms with Crippen molar-refractivity contribution < 1.29 is 0 Å². The molecule has 0 aromatic heterocycles. The Kier molecular flexibility index (Phi) is 5.54. The molecule has 0 spiro atoms. The molecule has 0 bridgehead atoms. The maximum absolute atomic E-state index is 5.97. The van der Waals surface area contributed by atoms with Crippen LogP contribution in [0.1, 0.15) is 17.5 Å². The maximum atomic E-state index is 5.97. The molecule has 0 radical (unpaired) electrons. The SMILES string of the molecule is Clc1ccc(CN2CCC(NCCc3cccc4ccccc34)C2)cc1. The summed E-state index contributed by atoms with van der Waals surface area (Å²) in [6.45, 7) is 4.33. The first-order chi connectivity index (χ1) is 12.8. The predicted octanol–water partition coefficient (Wildman–Crippen LogP) is 4.90. The Hall–Kier alpha value is -1.87. The highest BCUT2D eigenvalue weighted by atomic mass is 35.5. The van der Waals surface area contributed by atoms with Gasteiger partial charge in [0.05, 0.1) is 0 Å². The summed E-state index contributed by atoms with van der Waals surface area (Å²) in [7, 11) is 0. The van der Waals surface area contributed by atoms with Gasteiger partial charge >= 0.3 is 0 Å². The minimum atomic E-state index is 0.595. The van der Waals surface area contributed by atoms with Crippen LogP contribution in [0, 0.1) is 0 Å². The van der Waals surface area contributed by atoms with Crippen LogP contribution < -0.4 is 5.32 Å². The molecule has 1 saturated heterocycles. The zero-order chi connectivity index (χ0) is 17.8. The van der Waals surface area contributed by atoms with Crippen LogP contribution in [0.2, 0.25) is 5.02 Å². The third-order valence-corrected chi connectivity index (χ3v) is 5.55. The number of hydrogen-bond donors (Lipinski definition) is 1. The summed E-state index contributed by atoms with van der Waals surface area (Å²) < 4.78 is 0. The van der Waals surface area contributed by atoms with Gasteiger partial charge < -0.3 is 5.32 Å². The van der Waals surface area contributed by atoms with E-state index in [9.17, 15) is 0 Å². The summed E-state index contributed by atoms with van der Waals surface area (Å²) in [6.07, 6.45) is 2.30. The highest BCUT2D eigenvalue weighted by molar-refractivity contribution is 6.30. The van der Waals surface area contributed by atoms with Crippen molar-refractivity contribution in [3.63, 3.8) is 0 Å². The zero-order valence-electron chi connectivity index (χ0n) is 15.0. The Morgan fingerprint density at radius 2 is 1.77 bits per heavy atom. The zero-order valence-corrected chi connectivity index (χ0v) is 15.8. The fourth-order valence-electron chi connectivity index (χ4n) is 3.91. The lowest BCUT2D eigenvalue weighted by molar-refractivity contribution is 0.320. The fraction of sp³-hybridized carbons (Fsp3) is 0.304. The molecule has 1 fully saturated rings. The number of benzene rings is 3. The van der Waals surface area contributed by atoms with E-state index >= 15 is 0 Å². The van der Waals surface area contributed by atoms with Gasteiger partial charge in [0.1, 0.15) is 0 Å². The van der Waals surface area contributed by atoms with Crippen molar-refractivity contribution in [3.05, 3.63) is 82.9 Å². The molecule has 1 atom stereocenters. The Morgan fingerprint density at radius 1 is 0.962 bits per heavy atom. The minimum absolute atomic E-state index is 0.595. The van der Waals surface area contributed by atoms with Crippen molar-refractivity contribution in [3.8, 4) is 0 Å². The second kappa shape index (κ2) is 8.22. The van der Waals surface area contributed by atoms with Gasteiger partial charge in [-0.25, -0.2) is 0 Å². The third kappa shape index (κ3) is 4.27. The highest BCUT2D eigenvalue weighted by Gasteiger charge is 2.21. The Balaban J connectivity index is 1.27. The summed E-state index contributed by atoms with van der Waals surface area (Å²) in [4.78, 5) is 2.53. The van der Waals surface area contributed by atoms with E-state index in [1.165, 1.54) is 28.3 Å². The Bertz CT molecular complexity index is 854. The lowest BCUT2D eigenvalue weighted by Gasteiger charge is -2.17. The van der Waals surface area contributed by atoms with E-state index < -0.39 is 0 Å². The number of likely N-dealkylation sites (tertiary alicyclic amines) is 1. The van der Waals surface area contributed by atoms with Crippen LogP contribution in [0.25, 0.3) is 10.8 Å². The molecule has 0 saturated carbocycles. The molecule has 3 aromatic carbocycles. The maximum Gasteiger partial charge on any atom is 0.0406 e. The monoisotopic (exact) mass is 364 g/mol. The van der Waals surface area contributed by atoms with Gasteiger partial charge in [-0.05, 0) is 53.4 Å². The molecule has 1 aliphatic rings. The first-order valence-corrected chi connectivity index (χ1v) is 9.82. The molecular formula is C23H25ClN2. The van der Waals surface area contributed by atoms with Crippen LogP contribution in [0.15, 0.2) is 66.7 Å². The van der Waals surface area contributed by atoms with Gasteiger partial charge in [-0.15, -0.1) is 0 Å². The molecule has 2 nitrogen and oxygen atoms in total. The van der Waals surface area contributed by atoms with Gasteiger partial charge in [0, 0.05) is 30.7 Å². The molecule has 0 aliphatic carbocycles. The predicted molar refractivity (Wildman–Crippen MR) is 111 cm³/mol. The summed E-state index contributed by atoms with van der Waals surface area (Å²) in [5.41, 5.74) is 2.78. The second-order valence-electron chi connectivity index (χ2n) is 7.19. The van der Waals surface area contributed by atoms with Crippen LogP contribution in [0.3, 0.4) is 0 Å². The van der Waals surface area contributed by atoms with E-state index in [4.69, 9.17) is 11.6 Å². The van der Waals surface area contributed by atoms with Crippen LogP contribution in [0.5, 0.6) is 0 Å². The molecule has 1 heterocycles. The Morgan fingerprint density at radius 3 is 2.65 bits per heavy atom. The quantitative estimate of drug-likeness (QED) is 0.669. The number of rotatable bonds is 6.